The summed E-state index contributed by atoms with van der Waals surface area (Å²) < 4.78 is 43.2. The summed E-state index contributed by atoms with van der Waals surface area (Å²) in [5.74, 6) is 0.519. The Labute approximate surface area is 181 Å². The van der Waals surface area contributed by atoms with Crippen molar-refractivity contribution in [3.8, 4) is 0 Å². The highest BCUT2D eigenvalue weighted by Crippen LogP contribution is 2.35. The second-order valence-electron chi connectivity index (χ2n) is 7.43. The van der Waals surface area contributed by atoms with Gasteiger partial charge in [0.2, 0.25) is 11.1 Å². The number of nitrogens with zero attached hydrogens (tertiary/aromatic N) is 4. The Morgan fingerprint density at radius 1 is 1.06 bits per heavy atom. The summed E-state index contributed by atoms with van der Waals surface area (Å²) in [7, 11) is 0. The van der Waals surface area contributed by atoms with Gasteiger partial charge in [-0.15, -0.1) is 10.2 Å². The maximum atomic E-state index is 13.2. The third-order valence-electron chi connectivity index (χ3n) is 5.27. The van der Waals surface area contributed by atoms with Crippen LogP contribution in [0.25, 0.3) is 0 Å². The number of carbonyl (C=O) groups excluding carboxylic acids is 1. The largest absolute Gasteiger partial charge is 0.418 e. The minimum atomic E-state index is -4.54. The van der Waals surface area contributed by atoms with Gasteiger partial charge in [-0.3, -0.25) is 9.47 Å². The number of halogens is 3. The maximum absolute atomic E-state index is 13.2. The second-order valence-corrected chi connectivity index (χ2v) is 8.37. The van der Waals surface area contributed by atoms with Gasteiger partial charge in [0.25, 0.3) is 0 Å². The average molecular weight is 450 g/mol. The zero-order valence-corrected chi connectivity index (χ0v) is 17.5. The summed E-state index contributed by atoms with van der Waals surface area (Å²) in [6.07, 6.45) is 4.80. The van der Waals surface area contributed by atoms with Crippen molar-refractivity contribution in [1.29, 1.82) is 0 Å². The topological polar surface area (TPSA) is 64.7 Å². The summed E-state index contributed by atoms with van der Waals surface area (Å²) in [6, 6.07) is 8.72. The Kier molecular flexibility index (Phi) is 6.35. The minimum Gasteiger partial charge on any atom is -0.325 e. The van der Waals surface area contributed by atoms with Crippen molar-refractivity contribution >= 4 is 23.4 Å². The molecule has 0 unspecified atom stereocenters. The van der Waals surface area contributed by atoms with Crippen LogP contribution < -0.4 is 5.32 Å². The number of carbonyl (C=O) groups is 1. The summed E-state index contributed by atoms with van der Waals surface area (Å²) in [5, 5.41) is 11.6. The smallest absolute Gasteiger partial charge is 0.325 e. The van der Waals surface area contributed by atoms with Crippen LogP contribution in [0.2, 0.25) is 0 Å². The number of anilines is 1. The molecule has 31 heavy (non-hydrogen) atoms. The van der Waals surface area contributed by atoms with E-state index in [1.807, 2.05) is 33.9 Å². The van der Waals surface area contributed by atoms with Crippen molar-refractivity contribution < 1.29 is 18.0 Å². The van der Waals surface area contributed by atoms with Gasteiger partial charge in [0.1, 0.15) is 0 Å². The summed E-state index contributed by atoms with van der Waals surface area (Å²) in [4.78, 5) is 12.4. The normalized spacial score (nSPS) is 15.2. The van der Waals surface area contributed by atoms with E-state index in [4.69, 9.17) is 0 Å². The van der Waals surface area contributed by atoms with Crippen LogP contribution in [0, 0.1) is 0 Å². The standard InChI is InChI=1S/C21H22F3N5OS/c22-21(23,24)16-10-4-5-11-17(16)25-18(30)14-31-20-27-26-19(15-8-2-1-3-9-15)29(20)28-12-6-7-13-28/h4-7,10-13,15H,1-3,8-9,14H2,(H,25,30). The van der Waals surface area contributed by atoms with E-state index in [0.717, 1.165) is 49.3 Å². The van der Waals surface area contributed by atoms with E-state index < -0.39 is 17.6 Å². The molecule has 2 aromatic heterocycles. The first-order valence-electron chi connectivity index (χ1n) is 10.1. The van der Waals surface area contributed by atoms with Crippen molar-refractivity contribution in [2.45, 2.75) is 49.4 Å². The predicted molar refractivity (Wildman–Crippen MR) is 112 cm³/mol. The number of rotatable bonds is 6. The number of hydrogen-bond acceptors (Lipinski definition) is 4. The van der Waals surface area contributed by atoms with E-state index in [9.17, 15) is 18.0 Å². The van der Waals surface area contributed by atoms with Gasteiger partial charge < -0.3 is 5.32 Å². The molecule has 1 aliphatic rings. The van der Waals surface area contributed by atoms with E-state index in [2.05, 4.69) is 15.5 Å². The fourth-order valence-electron chi connectivity index (χ4n) is 3.81. The fraction of sp³-hybridized carbons (Fsp3) is 0.381. The van der Waals surface area contributed by atoms with Crippen LogP contribution in [0.5, 0.6) is 0 Å². The predicted octanol–water partition coefficient (Wildman–Crippen LogP) is 5.19. The summed E-state index contributed by atoms with van der Waals surface area (Å²) >= 11 is 1.15. The number of aromatic nitrogens is 4. The van der Waals surface area contributed by atoms with E-state index in [-0.39, 0.29) is 11.4 Å². The van der Waals surface area contributed by atoms with Crippen LogP contribution in [-0.2, 0) is 11.0 Å². The Hall–Kier alpha value is -2.75. The van der Waals surface area contributed by atoms with Crippen molar-refractivity contribution in [1.82, 2.24) is 19.5 Å². The second kappa shape index (κ2) is 9.17. The molecule has 1 amide bonds. The lowest BCUT2D eigenvalue weighted by Gasteiger charge is -2.22. The van der Waals surface area contributed by atoms with Crippen LogP contribution >= 0.6 is 11.8 Å². The van der Waals surface area contributed by atoms with Gasteiger partial charge in [-0.1, -0.05) is 43.2 Å². The average Bonchev–Trinajstić information content (AvgIpc) is 3.42. The fourth-order valence-corrected chi connectivity index (χ4v) is 4.55. The van der Waals surface area contributed by atoms with Gasteiger partial charge in [0, 0.05) is 18.3 Å². The summed E-state index contributed by atoms with van der Waals surface area (Å²) in [6.45, 7) is 0. The molecular formula is C21H22F3N5OS. The van der Waals surface area contributed by atoms with Crippen molar-refractivity contribution in [3.05, 3.63) is 60.2 Å². The van der Waals surface area contributed by atoms with Gasteiger partial charge in [-0.25, -0.2) is 4.68 Å². The SMILES string of the molecule is O=C(CSc1nnc(C2CCCCC2)n1-n1cccc1)Nc1ccccc1C(F)(F)F. The van der Waals surface area contributed by atoms with Crippen LogP contribution in [0.4, 0.5) is 18.9 Å². The first-order chi connectivity index (χ1) is 14.9. The number of nitrogens with one attached hydrogen (secondary N) is 1. The molecule has 1 aliphatic carbocycles. The van der Waals surface area contributed by atoms with Gasteiger partial charge in [-0.2, -0.15) is 13.2 Å². The molecule has 1 fully saturated rings. The van der Waals surface area contributed by atoms with E-state index in [0.29, 0.717) is 11.1 Å². The molecule has 4 rings (SSSR count). The molecule has 1 N–H and O–H groups in total. The highest BCUT2D eigenvalue weighted by molar-refractivity contribution is 7.99. The molecule has 3 aromatic rings. The zero-order valence-electron chi connectivity index (χ0n) is 16.7. The van der Waals surface area contributed by atoms with Crippen LogP contribution in [0.1, 0.15) is 49.4 Å². The molecule has 10 heteroatoms. The molecule has 0 aliphatic heterocycles. The molecule has 0 atom stereocenters. The van der Waals surface area contributed by atoms with Crippen molar-refractivity contribution in [2.24, 2.45) is 0 Å². The zero-order chi connectivity index (χ0) is 21.8. The quantitative estimate of drug-likeness (QED) is 0.526. The first kappa shape index (κ1) is 21.5. The number of hydrogen-bond donors (Lipinski definition) is 1. The van der Waals surface area contributed by atoms with Crippen LogP contribution in [0.3, 0.4) is 0 Å². The van der Waals surface area contributed by atoms with E-state index in [1.54, 1.807) is 0 Å². The molecule has 164 valence electrons. The lowest BCUT2D eigenvalue weighted by Crippen LogP contribution is -2.19. The van der Waals surface area contributed by atoms with Crippen LogP contribution in [-0.4, -0.2) is 31.2 Å². The Morgan fingerprint density at radius 2 is 1.77 bits per heavy atom. The van der Waals surface area contributed by atoms with Crippen LogP contribution in [0.15, 0.2) is 53.9 Å². The Balaban J connectivity index is 1.50. The maximum Gasteiger partial charge on any atom is 0.418 e. The van der Waals surface area contributed by atoms with Gasteiger partial charge in [0.15, 0.2) is 5.82 Å². The molecule has 0 radical (unpaired) electrons. The van der Waals surface area contributed by atoms with Gasteiger partial charge in [-0.05, 0) is 37.1 Å². The third kappa shape index (κ3) is 4.95. The van der Waals surface area contributed by atoms with Gasteiger partial charge in [0.05, 0.1) is 17.0 Å². The molecule has 0 saturated heterocycles. The molecule has 1 saturated carbocycles. The molecule has 1 aromatic carbocycles. The lowest BCUT2D eigenvalue weighted by atomic mass is 9.89. The van der Waals surface area contributed by atoms with Gasteiger partial charge >= 0.3 is 6.18 Å². The highest BCUT2D eigenvalue weighted by atomic mass is 32.2. The summed E-state index contributed by atoms with van der Waals surface area (Å²) in [5.41, 5.74) is -1.13. The number of benzene rings is 1. The van der Waals surface area contributed by atoms with E-state index >= 15 is 0 Å². The van der Waals surface area contributed by atoms with E-state index in [1.165, 1.54) is 24.6 Å². The Bertz CT molecular complexity index is 1030. The molecule has 2 heterocycles. The number of para-hydroxylation sites is 1. The molecule has 6 nitrogen and oxygen atoms in total. The molecule has 0 bridgehead atoms. The Morgan fingerprint density at radius 3 is 2.48 bits per heavy atom. The number of alkyl halides is 3. The molecular weight excluding hydrogens is 427 g/mol. The third-order valence-corrected chi connectivity index (χ3v) is 6.18. The number of amides is 1. The number of thioether (sulfide) groups is 1. The minimum absolute atomic E-state index is 0.0870. The lowest BCUT2D eigenvalue weighted by molar-refractivity contribution is -0.137. The molecule has 0 spiro atoms. The monoisotopic (exact) mass is 449 g/mol. The first-order valence-corrected chi connectivity index (χ1v) is 11.1. The highest BCUT2D eigenvalue weighted by Gasteiger charge is 2.33. The van der Waals surface area contributed by atoms with Crippen molar-refractivity contribution in [2.75, 3.05) is 11.1 Å². The van der Waals surface area contributed by atoms with Crippen molar-refractivity contribution in [3.63, 3.8) is 0 Å².